The van der Waals surface area contributed by atoms with Gasteiger partial charge in [-0.3, -0.25) is 0 Å². The Hall–Kier alpha value is -0.0800. The van der Waals surface area contributed by atoms with E-state index >= 15 is 0 Å². The van der Waals surface area contributed by atoms with E-state index in [1.165, 1.54) is 64.2 Å². The summed E-state index contributed by atoms with van der Waals surface area (Å²) in [7, 11) is 0. The number of unbranched alkanes of at least 4 members (excludes halogenated alkanes) is 4. The number of hydrogen-bond acceptors (Lipinski definition) is 2. The van der Waals surface area contributed by atoms with Crippen molar-refractivity contribution in [1.29, 1.82) is 0 Å². The minimum atomic E-state index is -0.424. The molecule has 0 bridgehead atoms. The largest absolute Gasteiger partial charge is 0.389 e. The lowest BCUT2D eigenvalue weighted by atomic mass is 9.94. The second kappa shape index (κ2) is 9.77. The SMILES string of the molecule is CCCCCCCC(C)NCC1(O)CCCCCC1. The van der Waals surface area contributed by atoms with Crippen LogP contribution in [0.2, 0.25) is 0 Å². The maximum atomic E-state index is 10.6. The average molecular weight is 269 g/mol. The molecule has 1 saturated carbocycles. The van der Waals surface area contributed by atoms with Gasteiger partial charge in [-0.05, 0) is 26.2 Å². The van der Waals surface area contributed by atoms with E-state index in [-0.39, 0.29) is 0 Å². The van der Waals surface area contributed by atoms with E-state index in [2.05, 4.69) is 19.2 Å². The van der Waals surface area contributed by atoms with Gasteiger partial charge in [-0.25, -0.2) is 0 Å². The zero-order valence-corrected chi connectivity index (χ0v) is 13.2. The average Bonchev–Trinajstić information content (AvgIpc) is 2.62. The molecular formula is C17H35NO. The quantitative estimate of drug-likeness (QED) is 0.480. The topological polar surface area (TPSA) is 32.3 Å². The fourth-order valence-electron chi connectivity index (χ4n) is 3.08. The van der Waals surface area contributed by atoms with Gasteiger partial charge in [0.2, 0.25) is 0 Å². The maximum absolute atomic E-state index is 10.6. The van der Waals surface area contributed by atoms with Crippen molar-refractivity contribution in [2.75, 3.05) is 6.54 Å². The first-order valence-electron chi connectivity index (χ1n) is 8.62. The van der Waals surface area contributed by atoms with E-state index in [1.54, 1.807) is 0 Å². The Morgan fingerprint density at radius 2 is 1.63 bits per heavy atom. The molecule has 0 amide bonds. The highest BCUT2D eigenvalue weighted by atomic mass is 16.3. The molecule has 0 aromatic carbocycles. The molecule has 1 aliphatic rings. The van der Waals surface area contributed by atoms with Gasteiger partial charge in [0.1, 0.15) is 0 Å². The summed E-state index contributed by atoms with van der Waals surface area (Å²) in [6, 6.07) is 0.550. The Labute approximate surface area is 120 Å². The van der Waals surface area contributed by atoms with Gasteiger partial charge >= 0.3 is 0 Å². The fraction of sp³-hybridized carbons (Fsp3) is 1.00. The lowest BCUT2D eigenvalue weighted by Crippen LogP contribution is -2.43. The summed E-state index contributed by atoms with van der Waals surface area (Å²) in [6.45, 7) is 5.32. The lowest BCUT2D eigenvalue weighted by molar-refractivity contribution is 0.0229. The van der Waals surface area contributed by atoms with Gasteiger partial charge < -0.3 is 10.4 Å². The second-order valence-electron chi connectivity index (χ2n) is 6.62. The van der Waals surface area contributed by atoms with E-state index in [9.17, 15) is 5.11 Å². The normalized spacial score (nSPS) is 21.0. The van der Waals surface area contributed by atoms with Gasteiger partial charge in [0.05, 0.1) is 5.60 Å². The molecule has 19 heavy (non-hydrogen) atoms. The Kier molecular flexibility index (Phi) is 8.72. The molecule has 0 spiro atoms. The minimum absolute atomic E-state index is 0.424. The summed E-state index contributed by atoms with van der Waals surface area (Å²) in [6.07, 6.45) is 15.0. The van der Waals surface area contributed by atoms with Gasteiger partial charge in [0.25, 0.3) is 0 Å². The summed E-state index contributed by atoms with van der Waals surface area (Å²) in [5, 5.41) is 14.1. The molecule has 1 atom stereocenters. The van der Waals surface area contributed by atoms with Crippen molar-refractivity contribution in [2.24, 2.45) is 0 Å². The third-order valence-corrected chi connectivity index (χ3v) is 4.55. The van der Waals surface area contributed by atoms with Crippen molar-refractivity contribution in [1.82, 2.24) is 5.32 Å². The zero-order chi connectivity index (χ0) is 14.0. The highest BCUT2D eigenvalue weighted by molar-refractivity contribution is 4.84. The summed E-state index contributed by atoms with van der Waals surface area (Å²) in [5.74, 6) is 0. The first kappa shape index (κ1) is 17.0. The molecular weight excluding hydrogens is 234 g/mol. The van der Waals surface area contributed by atoms with Gasteiger partial charge in [-0.2, -0.15) is 0 Å². The van der Waals surface area contributed by atoms with Gasteiger partial charge in [-0.15, -0.1) is 0 Å². The summed E-state index contributed by atoms with van der Waals surface area (Å²) in [5.41, 5.74) is -0.424. The molecule has 0 heterocycles. The molecule has 2 N–H and O–H groups in total. The monoisotopic (exact) mass is 269 g/mol. The zero-order valence-electron chi connectivity index (χ0n) is 13.2. The van der Waals surface area contributed by atoms with Crippen LogP contribution in [0.3, 0.4) is 0 Å². The number of nitrogens with one attached hydrogen (secondary N) is 1. The van der Waals surface area contributed by atoms with Gasteiger partial charge in [0, 0.05) is 12.6 Å². The Balaban J connectivity index is 2.09. The Morgan fingerprint density at radius 1 is 1.00 bits per heavy atom. The van der Waals surface area contributed by atoms with E-state index < -0.39 is 5.60 Å². The predicted octanol–water partition coefficient (Wildman–Crippen LogP) is 4.41. The molecule has 0 saturated heterocycles. The van der Waals surface area contributed by atoms with Crippen molar-refractivity contribution in [3.8, 4) is 0 Å². The van der Waals surface area contributed by atoms with Crippen LogP contribution in [0.25, 0.3) is 0 Å². The molecule has 1 aliphatic carbocycles. The van der Waals surface area contributed by atoms with Gasteiger partial charge in [-0.1, -0.05) is 64.7 Å². The number of aliphatic hydroxyl groups is 1. The maximum Gasteiger partial charge on any atom is 0.0771 e. The third-order valence-electron chi connectivity index (χ3n) is 4.55. The molecule has 1 unspecified atom stereocenters. The highest BCUT2D eigenvalue weighted by Crippen LogP contribution is 2.26. The molecule has 0 aromatic rings. The van der Waals surface area contributed by atoms with Crippen LogP contribution < -0.4 is 5.32 Å². The van der Waals surface area contributed by atoms with Crippen molar-refractivity contribution in [2.45, 2.75) is 103 Å². The first-order chi connectivity index (χ1) is 9.16. The van der Waals surface area contributed by atoms with Gasteiger partial charge in [0.15, 0.2) is 0 Å². The van der Waals surface area contributed by atoms with Crippen molar-refractivity contribution < 1.29 is 5.11 Å². The van der Waals surface area contributed by atoms with Crippen LogP contribution >= 0.6 is 0 Å². The van der Waals surface area contributed by atoms with E-state index in [1.807, 2.05) is 0 Å². The molecule has 114 valence electrons. The standard InChI is InChI=1S/C17H35NO/c1-3-4-5-6-9-12-16(2)18-15-17(19)13-10-7-8-11-14-17/h16,18-19H,3-15H2,1-2H3. The first-order valence-corrected chi connectivity index (χ1v) is 8.62. The Morgan fingerprint density at radius 3 is 2.26 bits per heavy atom. The smallest absolute Gasteiger partial charge is 0.0771 e. The molecule has 2 nitrogen and oxygen atoms in total. The predicted molar refractivity (Wildman–Crippen MR) is 83.5 cm³/mol. The second-order valence-corrected chi connectivity index (χ2v) is 6.62. The third kappa shape index (κ3) is 7.94. The van der Waals surface area contributed by atoms with E-state index in [0.29, 0.717) is 6.04 Å². The van der Waals surface area contributed by atoms with Crippen molar-refractivity contribution in [3.05, 3.63) is 0 Å². The van der Waals surface area contributed by atoms with Crippen LogP contribution in [0.15, 0.2) is 0 Å². The summed E-state index contributed by atoms with van der Waals surface area (Å²) < 4.78 is 0. The summed E-state index contributed by atoms with van der Waals surface area (Å²) in [4.78, 5) is 0. The van der Waals surface area contributed by atoms with Crippen molar-refractivity contribution >= 4 is 0 Å². The van der Waals surface area contributed by atoms with Crippen LogP contribution in [-0.2, 0) is 0 Å². The Bertz CT molecular complexity index is 209. The van der Waals surface area contributed by atoms with Crippen LogP contribution in [0.5, 0.6) is 0 Å². The molecule has 2 heteroatoms. The molecule has 1 fully saturated rings. The van der Waals surface area contributed by atoms with Crippen LogP contribution in [0.4, 0.5) is 0 Å². The van der Waals surface area contributed by atoms with Crippen LogP contribution in [0.1, 0.15) is 90.9 Å². The van der Waals surface area contributed by atoms with Crippen molar-refractivity contribution in [3.63, 3.8) is 0 Å². The fourth-order valence-corrected chi connectivity index (χ4v) is 3.08. The van der Waals surface area contributed by atoms with E-state index in [0.717, 1.165) is 19.4 Å². The molecule has 0 radical (unpaired) electrons. The van der Waals surface area contributed by atoms with E-state index in [4.69, 9.17) is 0 Å². The summed E-state index contributed by atoms with van der Waals surface area (Å²) >= 11 is 0. The molecule has 0 aromatic heterocycles. The minimum Gasteiger partial charge on any atom is -0.389 e. The number of hydrogen-bond donors (Lipinski definition) is 2. The van der Waals surface area contributed by atoms with Crippen LogP contribution in [-0.4, -0.2) is 23.3 Å². The molecule has 0 aliphatic heterocycles. The van der Waals surface area contributed by atoms with Crippen LogP contribution in [0, 0.1) is 0 Å². The number of rotatable bonds is 9. The lowest BCUT2D eigenvalue weighted by Gasteiger charge is -2.28. The molecule has 1 rings (SSSR count). The highest BCUT2D eigenvalue weighted by Gasteiger charge is 2.27.